The third-order valence-corrected chi connectivity index (χ3v) is 1.83. The van der Waals surface area contributed by atoms with Gasteiger partial charge in [0.05, 0.1) is 12.7 Å². The second-order valence-electron chi connectivity index (χ2n) is 2.80. The predicted molar refractivity (Wildman–Crippen MR) is 35.2 cm³/mol. The fourth-order valence-corrected chi connectivity index (χ4v) is 1.20. The first kappa shape index (κ1) is 7.03. The minimum absolute atomic E-state index is 0.119. The van der Waals surface area contributed by atoms with Gasteiger partial charge in [-0.2, -0.15) is 0 Å². The molecule has 1 N–H and O–H groups in total. The normalized spacial score (nSPS) is 36.7. The molecule has 0 aromatic rings. The van der Waals surface area contributed by atoms with Gasteiger partial charge in [-0.15, -0.1) is 0 Å². The first-order valence-corrected chi connectivity index (χ1v) is 3.55. The number of aliphatic hydroxyl groups is 1. The van der Waals surface area contributed by atoms with Crippen LogP contribution in [0.3, 0.4) is 0 Å². The molecule has 0 bridgehead atoms. The molecular weight excluding hydrogens is 116 g/mol. The Kier molecular flexibility index (Phi) is 2.49. The monoisotopic (exact) mass is 130 g/mol. The molecule has 1 rings (SSSR count). The van der Waals surface area contributed by atoms with Crippen molar-refractivity contribution in [3.63, 3.8) is 0 Å². The quantitative estimate of drug-likeness (QED) is 0.568. The molecule has 0 aromatic carbocycles. The average molecular weight is 130 g/mol. The number of hydrogen-bond acceptors (Lipinski definition) is 2. The largest absolute Gasteiger partial charge is 0.394 e. The summed E-state index contributed by atoms with van der Waals surface area (Å²) in [6.45, 7) is 3.21. The molecule has 1 aliphatic heterocycles. The van der Waals surface area contributed by atoms with Crippen LogP contribution in [0, 0.1) is 5.92 Å². The minimum Gasteiger partial charge on any atom is -0.394 e. The van der Waals surface area contributed by atoms with Crippen molar-refractivity contribution >= 4 is 0 Å². The molecule has 1 saturated heterocycles. The van der Waals surface area contributed by atoms with E-state index in [-0.39, 0.29) is 12.7 Å². The lowest BCUT2D eigenvalue weighted by atomic mass is 9.98. The van der Waals surface area contributed by atoms with Crippen molar-refractivity contribution in [3.8, 4) is 0 Å². The van der Waals surface area contributed by atoms with E-state index in [2.05, 4.69) is 6.92 Å². The van der Waals surface area contributed by atoms with E-state index in [1.807, 2.05) is 0 Å². The second-order valence-corrected chi connectivity index (χ2v) is 2.80. The van der Waals surface area contributed by atoms with Gasteiger partial charge < -0.3 is 9.84 Å². The van der Waals surface area contributed by atoms with Gasteiger partial charge in [0.2, 0.25) is 0 Å². The van der Waals surface area contributed by atoms with E-state index >= 15 is 0 Å². The van der Waals surface area contributed by atoms with Gasteiger partial charge in [0.15, 0.2) is 0 Å². The SMILES string of the molecule is C[C@H]1CCO[C@@H](CO)C1. The average Bonchev–Trinajstić information content (AvgIpc) is 1.88. The maximum atomic E-state index is 8.68. The van der Waals surface area contributed by atoms with Crippen molar-refractivity contribution in [3.05, 3.63) is 0 Å². The van der Waals surface area contributed by atoms with Crippen molar-refractivity contribution in [2.75, 3.05) is 13.2 Å². The molecule has 0 aliphatic carbocycles. The molecule has 1 fully saturated rings. The van der Waals surface area contributed by atoms with Crippen LogP contribution < -0.4 is 0 Å². The molecule has 0 radical (unpaired) electrons. The van der Waals surface area contributed by atoms with E-state index in [1.165, 1.54) is 0 Å². The molecule has 0 aromatic heterocycles. The Bertz CT molecular complexity index is 83.0. The van der Waals surface area contributed by atoms with Gasteiger partial charge in [-0.1, -0.05) is 6.92 Å². The van der Waals surface area contributed by atoms with E-state index in [0.717, 1.165) is 25.4 Å². The Morgan fingerprint density at radius 3 is 2.89 bits per heavy atom. The van der Waals surface area contributed by atoms with Gasteiger partial charge in [-0.25, -0.2) is 0 Å². The van der Waals surface area contributed by atoms with E-state index in [4.69, 9.17) is 9.84 Å². The van der Waals surface area contributed by atoms with Crippen LogP contribution in [-0.2, 0) is 4.74 Å². The first-order valence-electron chi connectivity index (χ1n) is 3.55. The van der Waals surface area contributed by atoms with Crippen molar-refractivity contribution in [1.29, 1.82) is 0 Å². The number of rotatable bonds is 1. The zero-order chi connectivity index (χ0) is 6.69. The Morgan fingerprint density at radius 2 is 2.44 bits per heavy atom. The third kappa shape index (κ3) is 1.95. The maximum absolute atomic E-state index is 8.68. The highest BCUT2D eigenvalue weighted by atomic mass is 16.5. The zero-order valence-electron chi connectivity index (χ0n) is 5.84. The van der Waals surface area contributed by atoms with Crippen molar-refractivity contribution in [2.24, 2.45) is 5.92 Å². The van der Waals surface area contributed by atoms with Crippen LogP contribution in [0.2, 0.25) is 0 Å². The Balaban J connectivity index is 2.23. The van der Waals surface area contributed by atoms with Gasteiger partial charge in [0.1, 0.15) is 0 Å². The second kappa shape index (κ2) is 3.18. The number of aliphatic hydroxyl groups excluding tert-OH is 1. The molecule has 2 nitrogen and oxygen atoms in total. The summed E-state index contributed by atoms with van der Waals surface area (Å²) in [5.74, 6) is 0.732. The van der Waals surface area contributed by atoms with Crippen LogP contribution in [0.15, 0.2) is 0 Å². The minimum atomic E-state index is 0.119. The van der Waals surface area contributed by atoms with Crippen LogP contribution in [0.5, 0.6) is 0 Å². The third-order valence-electron chi connectivity index (χ3n) is 1.83. The van der Waals surface area contributed by atoms with Gasteiger partial charge in [0.25, 0.3) is 0 Å². The van der Waals surface area contributed by atoms with Gasteiger partial charge in [0, 0.05) is 6.61 Å². The summed E-state index contributed by atoms with van der Waals surface area (Å²) in [6.07, 6.45) is 2.29. The molecule has 0 unspecified atom stereocenters. The van der Waals surface area contributed by atoms with E-state index in [1.54, 1.807) is 0 Å². The van der Waals surface area contributed by atoms with Crippen molar-refractivity contribution in [1.82, 2.24) is 0 Å². The highest BCUT2D eigenvalue weighted by molar-refractivity contribution is 4.66. The molecular formula is C7H14O2. The standard InChI is InChI=1S/C7H14O2/c1-6-2-3-9-7(4-6)5-8/h6-8H,2-5H2,1H3/t6-,7+/m0/s1. The summed E-state index contributed by atoms with van der Waals surface area (Å²) in [5.41, 5.74) is 0. The van der Waals surface area contributed by atoms with Crippen LogP contribution in [-0.4, -0.2) is 24.4 Å². The van der Waals surface area contributed by atoms with Crippen molar-refractivity contribution in [2.45, 2.75) is 25.9 Å². The molecule has 0 amide bonds. The summed E-state index contributed by atoms with van der Waals surface area (Å²) >= 11 is 0. The Labute approximate surface area is 55.8 Å². The van der Waals surface area contributed by atoms with Crippen LogP contribution in [0.25, 0.3) is 0 Å². The van der Waals surface area contributed by atoms with Crippen LogP contribution in [0.4, 0.5) is 0 Å². The fourth-order valence-electron chi connectivity index (χ4n) is 1.20. The summed E-state index contributed by atoms with van der Waals surface area (Å²) in [6, 6.07) is 0. The topological polar surface area (TPSA) is 29.5 Å². The molecule has 54 valence electrons. The fraction of sp³-hybridized carbons (Fsp3) is 1.00. The summed E-state index contributed by atoms with van der Waals surface area (Å²) in [4.78, 5) is 0. The van der Waals surface area contributed by atoms with Gasteiger partial charge >= 0.3 is 0 Å². The molecule has 2 heteroatoms. The molecule has 9 heavy (non-hydrogen) atoms. The predicted octanol–water partition coefficient (Wildman–Crippen LogP) is 0.794. The van der Waals surface area contributed by atoms with Crippen molar-refractivity contribution < 1.29 is 9.84 Å². The lowest BCUT2D eigenvalue weighted by Gasteiger charge is -2.25. The smallest absolute Gasteiger partial charge is 0.0808 e. The lowest BCUT2D eigenvalue weighted by molar-refractivity contribution is -0.0344. The Morgan fingerprint density at radius 1 is 1.67 bits per heavy atom. The van der Waals surface area contributed by atoms with Gasteiger partial charge in [-0.05, 0) is 18.8 Å². The summed E-state index contributed by atoms with van der Waals surface area (Å²) < 4.78 is 5.25. The molecule has 2 atom stereocenters. The molecule has 0 saturated carbocycles. The van der Waals surface area contributed by atoms with Crippen LogP contribution in [0.1, 0.15) is 19.8 Å². The lowest BCUT2D eigenvalue weighted by Crippen LogP contribution is -2.26. The summed E-state index contributed by atoms with van der Waals surface area (Å²) in [5, 5.41) is 8.68. The van der Waals surface area contributed by atoms with Gasteiger partial charge in [-0.3, -0.25) is 0 Å². The maximum Gasteiger partial charge on any atom is 0.0808 e. The molecule has 1 heterocycles. The van der Waals surface area contributed by atoms with E-state index in [0.29, 0.717) is 0 Å². The zero-order valence-corrected chi connectivity index (χ0v) is 5.84. The Hall–Kier alpha value is -0.0800. The van der Waals surface area contributed by atoms with E-state index < -0.39 is 0 Å². The first-order chi connectivity index (χ1) is 4.33. The highest BCUT2D eigenvalue weighted by Crippen LogP contribution is 2.18. The number of hydrogen-bond donors (Lipinski definition) is 1. The van der Waals surface area contributed by atoms with E-state index in [9.17, 15) is 0 Å². The molecule has 1 aliphatic rings. The van der Waals surface area contributed by atoms with Crippen LogP contribution >= 0.6 is 0 Å². The summed E-state index contributed by atoms with van der Waals surface area (Å²) in [7, 11) is 0. The number of ether oxygens (including phenoxy) is 1. The molecule has 0 spiro atoms. The highest BCUT2D eigenvalue weighted by Gasteiger charge is 2.17.